The van der Waals surface area contributed by atoms with Crippen molar-refractivity contribution in [2.45, 2.75) is 10.2 Å². The SMILES string of the molecule is CNc1nc(Sc2ccc(Br)cn2)nc(-n2ccnc2)n1. The van der Waals surface area contributed by atoms with E-state index in [4.69, 9.17) is 0 Å². The summed E-state index contributed by atoms with van der Waals surface area (Å²) < 4.78 is 2.65. The Kier molecular flexibility index (Phi) is 4.11. The second kappa shape index (κ2) is 6.19. The lowest BCUT2D eigenvalue weighted by atomic mass is 10.5. The van der Waals surface area contributed by atoms with E-state index in [2.05, 4.69) is 46.2 Å². The van der Waals surface area contributed by atoms with Gasteiger partial charge in [-0.1, -0.05) is 0 Å². The molecule has 3 rings (SSSR count). The zero-order chi connectivity index (χ0) is 14.7. The van der Waals surface area contributed by atoms with Gasteiger partial charge in [0.2, 0.25) is 17.1 Å². The monoisotopic (exact) mass is 363 g/mol. The lowest BCUT2D eigenvalue weighted by molar-refractivity contribution is 0.826. The summed E-state index contributed by atoms with van der Waals surface area (Å²) in [5, 5.41) is 4.30. The quantitative estimate of drug-likeness (QED) is 0.761. The molecule has 0 aliphatic rings. The topological polar surface area (TPSA) is 81.4 Å². The van der Waals surface area contributed by atoms with Crippen LogP contribution in [0.2, 0.25) is 0 Å². The van der Waals surface area contributed by atoms with Crippen molar-refractivity contribution >= 4 is 33.6 Å². The van der Waals surface area contributed by atoms with Gasteiger partial charge in [-0.25, -0.2) is 9.97 Å². The number of hydrogen-bond acceptors (Lipinski definition) is 7. The fourth-order valence-electron chi connectivity index (χ4n) is 1.51. The van der Waals surface area contributed by atoms with Crippen molar-refractivity contribution in [1.29, 1.82) is 0 Å². The highest BCUT2D eigenvalue weighted by molar-refractivity contribution is 9.10. The highest BCUT2D eigenvalue weighted by atomic mass is 79.9. The highest BCUT2D eigenvalue weighted by Gasteiger charge is 2.09. The zero-order valence-corrected chi connectivity index (χ0v) is 13.3. The lowest BCUT2D eigenvalue weighted by Gasteiger charge is -2.06. The Morgan fingerprint density at radius 3 is 2.81 bits per heavy atom. The van der Waals surface area contributed by atoms with Gasteiger partial charge in [0, 0.05) is 30.1 Å². The molecular formula is C12H10BrN7S. The maximum atomic E-state index is 4.41. The number of rotatable bonds is 4. The van der Waals surface area contributed by atoms with Crippen LogP contribution in [0.5, 0.6) is 0 Å². The predicted octanol–water partition coefficient (Wildman–Crippen LogP) is 2.41. The largest absolute Gasteiger partial charge is 0.357 e. The molecule has 3 heterocycles. The Morgan fingerprint density at radius 2 is 2.14 bits per heavy atom. The molecule has 106 valence electrons. The van der Waals surface area contributed by atoms with Crippen molar-refractivity contribution < 1.29 is 0 Å². The minimum Gasteiger partial charge on any atom is -0.357 e. The van der Waals surface area contributed by atoms with Gasteiger partial charge in [0.05, 0.1) is 0 Å². The van der Waals surface area contributed by atoms with Crippen molar-refractivity contribution in [3.05, 3.63) is 41.5 Å². The van der Waals surface area contributed by atoms with E-state index >= 15 is 0 Å². The molecule has 0 atom stereocenters. The van der Waals surface area contributed by atoms with Crippen LogP contribution in [0.15, 0.2) is 51.7 Å². The number of pyridine rings is 1. The molecule has 0 bridgehead atoms. The second-order valence-corrected chi connectivity index (χ2v) is 5.78. The molecule has 0 spiro atoms. The third-order valence-corrected chi connectivity index (χ3v) is 3.74. The molecule has 1 N–H and O–H groups in total. The molecule has 0 fully saturated rings. The zero-order valence-electron chi connectivity index (χ0n) is 10.9. The first kappa shape index (κ1) is 14.0. The summed E-state index contributed by atoms with van der Waals surface area (Å²) in [7, 11) is 1.76. The van der Waals surface area contributed by atoms with Crippen LogP contribution in [0.1, 0.15) is 0 Å². The number of nitrogens with zero attached hydrogens (tertiary/aromatic N) is 6. The van der Waals surface area contributed by atoms with Gasteiger partial charge in [-0.3, -0.25) is 4.57 Å². The van der Waals surface area contributed by atoms with Gasteiger partial charge in [-0.2, -0.15) is 15.0 Å². The maximum absolute atomic E-state index is 4.41. The number of hydrogen-bond donors (Lipinski definition) is 1. The van der Waals surface area contributed by atoms with Gasteiger partial charge in [-0.05, 0) is 39.8 Å². The first-order valence-corrected chi connectivity index (χ1v) is 7.57. The Bertz CT molecular complexity index is 730. The van der Waals surface area contributed by atoms with Crippen LogP contribution in [-0.4, -0.2) is 36.5 Å². The van der Waals surface area contributed by atoms with Crippen LogP contribution in [0.4, 0.5) is 5.95 Å². The van der Waals surface area contributed by atoms with E-state index in [0.29, 0.717) is 17.1 Å². The van der Waals surface area contributed by atoms with Gasteiger partial charge >= 0.3 is 0 Å². The molecule has 0 unspecified atom stereocenters. The van der Waals surface area contributed by atoms with E-state index in [0.717, 1.165) is 9.50 Å². The second-order valence-electron chi connectivity index (χ2n) is 3.88. The average Bonchev–Trinajstić information content (AvgIpc) is 3.04. The Balaban J connectivity index is 1.94. The molecule has 0 amide bonds. The van der Waals surface area contributed by atoms with E-state index in [1.807, 2.05) is 12.1 Å². The average molecular weight is 364 g/mol. The van der Waals surface area contributed by atoms with Gasteiger partial charge in [0.1, 0.15) is 11.4 Å². The number of aromatic nitrogens is 6. The fourth-order valence-corrected chi connectivity index (χ4v) is 2.43. The highest BCUT2D eigenvalue weighted by Crippen LogP contribution is 2.24. The molecule has 3 aromatic rings. The van der Waals surface area contributed by atoms with Crippen molar-refractivity contribution in [2.75, 3.05) is 12.4 Å². The summed E-state index contributed by atoms with van der Waals surface area (Å²) in [5.41, 5.74) is 0. The maximum Gasteiger partial charge on any atom is 0.240 e. The number of anilines is 1. The molecule has 3 aromatic heterocycles. The van der Waals surface area contributed by atoms with Gasteiger partial charge < -0.3 is 5.32 Å². The van der Waals surface area contributed by atoms with Crippen LogP contribution >= 0.6 is 27.7 Å². The van der Waals surface area contributed by atoms with Crippen LogP contribution in [0.3, 0.4) is 0 Å². The summed E-state index contributed by atoms with van der Waals surface area (Å²) in [4.78, 5) is 21.3. The van der Waals surface area contributed by atoms with Crippen molar-refractivity contribution in [2.24, 2.45) is 0 Å². The standard InChI is InChI=1S/C12H10BrN7S/c1-14-10-17-11(20-5-4-15-7-20)19-12(18-10)21-9-3-2-8(13)6-16-9/h2-7H,1H3,(H,14,17,18,19). The number of nitrogens with one attached hydrogen (secondary N) is 1. The van der Waals surface area contributed by atoms with E-state index in [1.165, 1.54) is 11.8 Å². The van der Waals surface area contributed by atoms with Gasteiger partial charge in [0.15, 0.2) is 0 Å². The number of imidazole rings is 1. The van der Waals surface area contributed by atoms with Crippen molar-refractivity contribution in [3.8, 4) is 5.95 Å². The molecular weight excluding hydrogens is 354 g/mol. The molecule has 0 saturated heterocycles. The Labute approximate surface area is 133 Å². The van der Waals surface area contributed by atoms with Gasteiger partial charge in [-0.15, -0.1) is 0 Å². The van der Waals surface area contributed by atoms with Gasteiger partial charge in [0.25, 0.3) is 0 Å². The van der Waals surface area contributed by atoms with E-state index in [-0.39, 0.29) is 0 Å². The summed E-state index contributed by atoms with van der Waals surface area (Å²) >= 11 is 4.73. The number of halogens is 1. The smallest absolute Gasteiger partial charge is 0.240 e. The van der Waals surface area contributed by atoms with Crippen LogP contribution in [-0.2, 0) is 0 Å². The van der Waals surface area contributed by atoms with Crippen LogP contribution in [0, 0.1) is 0 Å². The van der Waals surface area contributed by atoms with Crippen molar-refractivity contribution in [1.82, 2.24) is 29.5 Å². The molecule has 21 heavy (non-hydrogen) atoms. The molecule has 7 nitrogen and oxygen atoms in total. The molecule has 9 heteroatoms. The molecule has 0 aliphatic carbocycles. The Hall–Kier alpha value is -2.00. The van der Waals surface area contributed by atoms with E-state index in [9.17, 15) is 0 Å². The minimum absolute atomic E-state index is 0.494. The normalized spacial score (nSPS) is 10.6. The van der Waals surface area contributed by atoms with Crippen LogP contribution < -0.4 is 5.32 Å². The molecule has 0 aliphatic heterocycles. The van der Waals surface area contributed by atoms with Crippen molar-refractivity contribution in [3.63, 3.8) is 0 Å². The summed E-state index contributed by atoms with van der Waals surface area (Å²) in [5.74, 6) is 1.000. The summed E-state index contributed by atoms with van der Waals surface area (Å²) in [6.07, 6.45) is 6.83. The summed E-state index contributed by atoms with van der Waals surface area (Å²) in [6.45, 7) is 0. The van der Waals surface area contributed by atoms with E-state index in [1.54, 1.807) is 36.5 Å². The molecule has 0 aromatic carbocycles. The lowest BCUT2D eigenvalue weighted by Crippen LogP contribution is -2.06. The van der Waals surface area contributed by atoms with E-state index < -0.39 is 0 Å². The summed E-state index contributed by atoms with van der Waals surface area (Å²) in [6, 6.07) is 3.82. The molecule has 0 saturated carbocycles. The Morgan fingerprint density at radius 1 is 1.24 bits per heavy atom. The fraction of sp³-hybridized carbons (Fsp3) is 0.0833. The first-order valence-electron chi connectivity index (χ1n) is 5.96. The first-order chi connectivity index (χ1) is 10.2. The van der Waals surface area contributed by atoms with Crippen LogP contribution in [0.25, 0.3) is 5.95 Å². The third kappa shape index (κ3) is 3.37. The molecule has 0 radical (unpaired) electrons. The predicted molar refractivity (Wildman–Crippen MR) is 82.6 cm³/mol. The third-order valence-electron chi connectivity index (χ3n) is 2.46. The minimum atomic E-state index is 0.494.